The van der Waals surface area contributed by atoms with Crippen LogP contribution in [0, 0.1) is 0 Å². The first kappa shape index (κ1) is 9.96. The number of nitrogens with zero attached hydrogens (tertiary/aromatic N) is 1. The minimum absolute atomic E-state index is 0.463. The molecule has 0 aliphatic carbocycles. The minimum atomic E-state index is 0.463. The van der Waals surface area contributed by atoms with Crippen molar-refractivity contribution in [2.24, 2.45) is 5.73 Å². The van der Waals surface area contributed by atoms with Crippen LogP contribution in [0.3, 0.4) is 0 Å². The van der Waals surface area contributed by atoms with E-state index in [0.29, 0.717) is 6.04 Å². The molecule has 0 unspecified atom stereocenters. The standard InChI is InChI=1S/C9H20N2O/c1-2-3-4-11-5-6-12-8-9(11)7-10/h9H,2-8,10H2,1H3/t9-/m1/s1. The fourth-order valence-electron chi connectivity index (χ4n) is 1.56. The lowest BCUT2D eigenvalue weighted by Crippen LogP contribution is -2.49. The van der Waals surface area contributed by atoms with Crippen LogP contribution in [0.15, 0.2) is 0 Å². The van der Waals surface area contributed by atoms with Crippen LogP contribution < -0.4 is 5.73 Å². The molecule has 0 aromatic heterocycles. The van der Waals surface area contributed by atoms with E-state index < -0.39 is 0 Å². The Morgan fingerprint density at radius 2 is 2.42 bits per heavy atom. The lowest BCUT2D eigenvalue weighted by molar-refractivity contribution is -0.00426. The maximum absolute atomic E-state index is 5.64. The lowest BCUT2D eigenvalue weighted by atomic mass is 10.2. The highest BCUT2D eigenvalue weighted by atomic mass is 16.5. The van der Waals surface area contributed by atoms with Gasteiger partial charge in [0.15, 0.2) is 0 Å². The largest absolute Gasteiger partial charge is 0.378 e. The SMILES string of the molecule is CCCCN1CCOC[C@H]1CN. The van der Waals surface area contributed by atoms with Gasteiger partial charge in [-0.2, -0.15) is 0 Å². The normalized spacial score (nSPS) is 26.0. The maximum atomic E-state index is 5.64. The van der Waals surface area contributed by atoms with Gasteiger partial charge in [0.2, 0.25) is 0 Å². The van der Waals surface area contributed by atoms with Crippen molar-refractivity contribution in [3.05, 3.63) is 0 Å². The van der Waals surface area contributed by atoms with Gasteiger partial charge < -0.3 is 10.5 Å². The third-order valence-electron chi connectivity index (χ3n) is 2.42. The highest BCUT2D eigenvalue weighted by Gasteiger charge is 2.20. The van der Waals surface area contributed by atoms with E-state index in [2.05, 4.69) is 11.8 Å². The molecule has 1 rings (SSSR count). The minimum Gasteiger partial charge on any atom is -0.378 e. The number of ether oxygens (including phenoxy) is 1. The fourth-order valence-corrected chi connectivity index (χ4v) is 1.56. The summed E-state index contributed by atoms with van der Waals surface area (Å²) in [5, 5.41) is 0. The van der Waals surface area contributed by atoms with E-state index in [0.717, 1.165) is 26.3 Å². The average molecular weight is 172 g/mol. The second kappa shape index (κ2) is 5.51. The number of morpholine rings is 1. The highest BCUT2D eigenvalue weighted by Crippen LogP contribution is 2.06. The Kier molecular flexibility index (Phi) is 4.58. The van der Waals surface area contributed by atoms with Crippen molar-refractivity contribution in [3.63, 3.8) is 0 Å². The van der Waals surface area contributed by atoms with E-state index in [1.807, 2.05) is 0 Å². The molecule has 0 saturated carbocycles. The molecule has 3 heteroatoms. The van der Waals surface area contributed by atoms with Crippen LogP contribution in [0.1, 0.15) is 19.8 Å². The van der Waals surface area contributed by atoms with Gasteiger partial charge in [-0.1, -0.05) is 13.3 Å². The predicted octanol–water partition coefficient (Wildman–Crippen LogP) is 0.446. The van der Waals surface area contributed by atoms with Gasteiger partial charge in [0.25, 0.3) is 0 Å². The van der Waals surface area contributed by atoms with Crippen molar-refractivity contribution in [2.45, 2.75) is 25.8 Å². The molecule has 1 aliphatic heterocycles. The van der Waals surface area contributed by atoms with Crippen molar-refractivity contribution in [3.8, 4) is 0 Å². The molecule has 3 nitrogen and oxygen atoms in total. The molecule has 72 valence electrons. The van der Waals surface area contributed by atoms with E-state index in [-0.39, 0.29) is 0 Å². The zero-order valence-corrected chi connectivity index (χ0v) is 7.96. The lowest BCUT2D eigenvalue weighted by Gasteiger charge is -2.34. The predicted molar refractivity (Wildman–Crippen MR) is 50.1 cm³/mol. The zero-order chi connectivity index (χ0) is 8.81. The molecule has 12 heavy (non-hydrogen) atoms. The number of rotatable bonds is 4. The first-order valence-electron chi connectivity index (χ1n) is 4.90. The topological polar surface area (TPSA) is 38.5 Å². The van der Waals surface area contributed by atoms with Crippen LogP contribution in [-0.4, -0.2) is 43.8 Å². The fraction of sp³-hybridized carbons (Fsp3) is 1.00. The molecule has 1 aliphatic rings. The highest BCUT2D eigenvalue weighted by molar-refractivity contribution is 4.75. The van der Waals surface area contributed by atoms with Crippen molar-refractivity contribution in [1.29, 1.82) is 0 Å². The van der Waals surface area contributed by atoms with E-state index in [9.17, 15) is 0 Å². The van der Waals surface area contributed by atoms with Gasteiger partial charge in [-0.25, -0.2) is 0 Å². The van der Waals surface area contributed by atoms with Crippen LogP contribution >= 0.6 is 0 Å². The summed E-state index contributed by atoms with van der Waals surface area (Å²) < 4.78 is 5.36. The summed E-state index contributed by atoms with van der Waals surface area (Å²) in [4.78, 5) is 2.45. The molecular weight excluding hydrogens is 152 g/mol. The molecule has 0 amide bonds. The Balaban J connectivity index is 2.26. The van der Waals surface area contributed by atoms with Crippen LogP contribution in [-0.2, 0) is 4.74 Å². The van der Waals surface area contributed by atoms with Crippen LogP contribution in [0.4, 0.5) is 0 Å². The van der Waals surface area contributed by atoms with Gasteiger partial charge in [0.1, 0.15) is 0 Å². The van der Waals surface area contributed by atoms with Gasteiger partial charge in [-0.3, -0.25) is 4.90 Å². The molecule has 0 bridgehead atoms. The zero-order valence-electron chi connectivity index (χ0n) is 7.96. The van der Waals surface area contributed by atoms with E-state index in [1.54, 1.807) is 0 Å². The molecule has 0 aromatic rings. The number of hydrogen-bond acceptors (Lipinski definition) is 3. The van der Waals surface area contributed by atoms with Gasteiger partial charge in [0.05, 0.1) is 13.2 Å². The molecule has 0 spiro atoms. The van der Waals surface area contributed by atoms with E-state index in [4.69, 9.17) is 10.5 Å². The second-order valence-corrected chi connectivity index (χ2v) is 3.35. The quantitative estimate of drug-likeness (QED) is 0.669. The van der Waals surface area contributed by atoms with Gasteiger partial charge >= 0.3 is 0 Å². The summed E-state index contributed by atoms with van der Waals surface area (Å²) in [6.07, 6.45) is 2.53. The summed E-state index contributed by atoms with van der Waals surface area (Å²) >= 11 is 0. The maximum Gasteiger partial charge on any atom is 0.0634 e. The van der Waals surface area contributed by atoms with Crippen LogP contribution in [0.5, 0.6) is 0 Å². The summed E-state index contributed by atoms with van der Waals surface area (Å²) in [6, 6.07) is 0.463. The Hall–Kier alpha value is -0.120. The Morgan fingerprint density at radius 3 is 3.08 bits per heavy atom. The van der Waals surface area contributed by atoms with Gasteiger partial charge in [0, 0.05) is 19.1 Å². The smallest absolute Gasteiger partial charge is 0.0634 e. The Morgan fingerprint density at radius 1 is 1.58 bits per heavy atom. The first-order valence-corrected chi connectivity index (χ1v) is 4.90. The summed E-state index contributed by atoms with van der Waals surface area (Å²) in [6.45, 7) is 6.88. The molecular formula is C9H20N2O. The average Bonchev–Trinajstić information content (AvgIpc) is 2.15. The van der Waals surface area contributed by atoms with Gasteiger partial charge in [-0.05, 0) is 13.0 Å². The van der Waals surface area contributed by atoms with Gasteiger partial charge in [-0.15, -0.1) is 0 Å². The van der Waals surface area contributed by atoms with Crippen LogP contribution in [0.2, 0.25) is 0 Å². The molecule has 1 atom stereocenters. The van der Waals surface area contributed by atoms with Crippen molar-refractivity contribution >= 4 is 0 Å². The van der Waals surface area contributed by atoms with Crippen molar-refractivity contribution in [2.75, 3.05) is 32.8 Å². The Labute approximate surface area is 74.9 Å². The van der Waals surface area contributed by atoms with E-state index >= 15 is 0 Å². The Bertz CT molecular complexity index is 119. The molecule has 2 N–H and O–H groups in total. The number of hydrogen-bond donors (Lipinski definition) is 1. The summed E-state index contributed by atoms with van der Waals surface area (Å²) in [5.41, 5.74) is 5.64. The van der Waals surface area contributed by atoms with E-state index in [1.165, 1.54) is 19.4 Å². The summed E-state index contributed by atoms with van der Waals surface area (Å²) in [5.74, 6) is 0. The van der Waals surface area contributed by atoms with Crippen molar-refractivity contribution < 1.29 is 4.74 Å². The third kappa shape index (κ3) is 2.73. The molecule has 0 aromatic carbocycles. The number of nitrogens with two attached hydrogens (primary N) is 1. The second-order valence-electron chi connectivity index (χ2n) is 3.35. The molecule has 0 radical (unpaired) electrons. The number of unbranched alkanes of at least 4 members (excludes halogenated alkanes) is 1. The van der Waals surface area contributed by atoms with Crippen LogP contribution in [0.25, 0.3) is 0 Å². The molecule has 1 heterocycles. The third-order valence-corrected chi connectivity index (χ3v) is 2.42. The molecule has 1 fully saturated rings. The van der Waals surface area contributed by atoms with Crippen molar-refractivity contribution in [1.82, 2.24) is 4.90 Å². The monoisotopic (exact) mass is 172 g/mol. The molecule has 1 saturated heterocycles. The summed E-state index contributed by atoms with van der Waals surface area (Å²) in [7, 11) is 0. The first-order chi connectivity index (χ1) is 5.88.